The molecule has 1 aromatic carbocycles. The van der Waals surface area contributed by atoms with Crippen molar-refractivity contribution in [3.05, 3.63) is 30.1 Å². The number of piperidine rings is 1. The van der Waals surface area contributed by atoms with Crippen LogP contribution in [0.4, 0.5) is 0 Å². The quantitative estimate of drug-likeness (QED) is 0.881. The second-order valence-electron chi connectivity index (χ2n) is 5.64. The maximum atomic E-state index is 4.26. The Labute approximate surface area is 114 Å². The van der Waals surface area contributed by atoms with Crippen LogP contribution in [0.5, 0.6) is 0 Å². The Morgan fingerprint density at radius 3 is 3.00 bits per heavy atom. The Kier molecular flexibility index (Phi) is 3.80. The van der Waals surface area contributed by atoms with Crippen LogP contribution >= 0.6 is 0 Å². The van der Waals surface area contributed by atoms with Crippen molar-refractivity contribution in [2.45, 2.75) is 19.4 Å². The molecule has 1 fully saturated rings. The fourth-order valence-corrected chi connectivity index (χ4v) is 2.96. The molecule has 0 saturated carbocycles. The van der Waals surface area contributed by atoms with Crippen LogP contribution in [0, 0.1) is 5.92 Å². The minimum Gasteiger partial charge on any atom is -0.345 e. The van der Waals surface area contributed by atoms with Gasteiger partial charge in [0, 0.05) is 13.1 Å². The van der Waals surface area contributed by atoms with Crippen molar-refractivity contribution in [1.82, 2.24) is 20.2 Å². The Balaban J connectivity index is 1.59. The van der Waals surface area contributed by atoms with Gasteiger partial charge in [-0.05, 0) is 56.6 Å². The topological polar surface area (TPSA) is 44.0 Å². The molecule has 2 aromatic rings. The molecule has 0 unspecified atom stereocenters. The van der Waals surface area contributed by atoms with E-state index in [1.54, 1.807) is 6.33 Å². The van der Waals surface area contributed by atoms with Gasteiger partial charge in [0.15, 0.2) is 0 Å². The Morgan fingerprint density at radius 1 is 1.32 bits per heavy atom. The monoisotopic (exact) mass is 258 g/mol. The molecule has 0 atom stereocenters. The highest BCUT2D eigenvalue weighted by Crippen LogP contribution is 2.16. The predicted molar refractivity (Wildman–Crippen MR) is 78.0 cm³/mol. The summed E-state index contributed by atoms with van der Waals surface area (Å²) in [6, 6.07) is 6.49. The highest BCUT2D eigenvalue weighted by Gasteiger charge is 2.15. The van der Waals surface area contributed by atoms with Gasteiger partial charge in [0.05, 0.1) is 17.4 Å². The smallest absolute Gasteiger partial charge is 0.0931 e. The molecule has 0 amide bonds. The highest BCUT2D eigenvalue weighted by molar-refractivity contribution is 5.74. The molecule has 1 aromatic heterocycles. The second kappa shape index (κ2) is 5.72. The number of fused-ring (bicyclic) bond motifs is 1. The highest BCUT2D eigenvalue weighted by atomic mass is 15.1. The molecule has 1 aliphatic heterocycles. The number of nitrogens with one attached hydrogen (secondary N) is 2. The Morgan fingerprint density at radius 2 is 2.16 bits per heavy atom. The van der Waals surface area contributed by atoms with Gasteiger partial charge < -0.3 is 15.2 Å². The normalized spacial score (nSPS) is 17.4. The summed E-state index contributed by atoms with van der Waals surface area (Å²) >= 11 is 0. The lowest BCUT2D eigenvalue weighted by atomic mass is 9.97. The van der Waals surface area contributed by atoms with Crippen molar-refractivity contribution < 1.29 is 0 Å². The van der Waals surface area contributed by atoms with Crippen LogP contribution in [0.3, 0.4) is 0 Å². The summed E-state index contributed by atoms with van der Waals surface area (Å²) in [6.45, 7) is 4.57. The number of H-pyrrole nitrogens is 1. The van der Waals surface area contributed by atoms with Crippen LogP contribution in [-0.4, -0.2) is 41.5 Å². The molecule has 4 heteroatoms. The summed E-state index contributed by atoms with van der Waals surface area (Å²) < 4.78 is 0. The van der Waals surface area contributed by atoms with Crippen molar-refractivity contribution in [3.8, 4) is 0 Å². The number of nitrogens with zero attached hydrogens (tertiary/aromatic N) is 2. The average molecular weight is 258 g/mol. The van der Waals surface area contributed by atoms with Crippen LogP contribution in [-0.2, 0) is 6.54 Å². The molecule has 1 saturated heterocycles. The standard InChI is InChI=1S/C15H22N4/c1-19(9-12-4-6-16-7-5-12)10-13-2-3-14-15(8-13)18-11-17-14/h2-3,8,11-12,16H,4-7,9-10H2,1H3,(H,17,18). The van der Waals surface area contributed by atoms with Crippen molar-refractivity contribution in [2.24, 2.45) is 5.92 Å². The van der Waals surface area contributed by atoms with Gasteiger partial charge in [-0.2, -0.15) is 0 Å². The van der Waals surface area contributed by atoms with Gasteiger partial charge in [-0.1, -0.05) is 6.07 Å². The molecule has 4 nitrogen and oxygen atoms in total. The molecule has 0 aliphatic carbocycles. The second-order valence-corrected chi connectivity index (χ2v) is 5.64. The van der Waals surface area contributed by atoms with E-state index in [1.165, 1.54) is 38.0 Å². The summed E-state index contributed by atoms with van der Waals surface area (Å²) in [7, 11) is 2.22. The van der Waals surface area contributed by atoms with E-state index in [4.69, 9.17) is 0 Å². The van der Waals surface area contributed by atoms with E-state index in [-0.39, 0.29) is 0 Å². The number of hydrogen-bond donors (Lipinski definition) is 2. The maximum Gasteiger partial charge on any atom is 0.0931 e. The van der Waals surface area contributed by atoms with E-state index in [2.05, 4.69) is 45.4 Å². The first kappa shape index (κ1) is 12.6. The zero-order valence-electron chi connectivity index (χ0n) is 11.5. The van der Waals surface area contributed by atoms with Crippen molar-refractivity contribution in [2.75, 3.05) is 26.7 Å². The van der Waals surface area contributed by atoms with Gasteiger partial charge >= 0.3 is 0 Å². The third-order valence-corrected chi connectivity index (χ3v) is 3.97. The summed E-state index contributed by atoms with van der Waals surface area (Å²) in [5.41, 5.74) is 3.53. The van der Waals surface area contributed by atoms with E-state index in [0.717, 1.165) is 23.5 Å². The van der Waals surface area contributed by atoms with Gasteiger partial charge in [0.1, 0.15) is 0 Å². The van der Waals surface area contributed by atoms with E-state index < -0.39 is 0 Å². The molecule has 102 valence electrons. The van der Waals surface area contributed by atoms with Gasteiger partial charge in [0.2, 0.25) is 0 Å². The van der Waals surface area contributed by atoms with Crippen LogP contribution in [0.1, 0.15) is 18.4 Å². The molecule has 0 radical (unpaired) electrons. The number of hydrogen-bond acceptors (Lipinski definition) is 3. The molecule has 2 N–H and O–H groups in total. The summed E-state index contributed by atoms with van der Waals surface area (Å²) in [6.07, 6.45) is 4.38. The SMILES string of the molecule is CN(Cc1ccc2nc[nH]c2c1)CC1CCNCC1. The van der Waals surface area contributed by atoms with Crippen molar-refractivity contribution in [1.29, 1.82) is 0 Å². The van der Waals surface area contributed by atoms with Crippen molar-refractivity contribution in [3.63, 3.8) is 0 Å². The summed E-state index contributed by atoms with van der Waals surface area (Å²) in [5.74, 6) is 0.849. The van der Waals surface area contributed by atoms with Crippen LogP contribution in [0.15, 0.2) is 24.5 Å². The number of aromatic nitrogens is 2. The first-order chi connectivity index (χ1) is 9.31. The van der Waals surface area contributed by atoms with Crippen LogP contribution in [0.2, 0.25) is 0 Å². The molecule has 2 heterocycles. The number of aromatic amines is 1. The van der Waals surface area contributed by atoms with E-state index in [1.807, 2.05) is 0 Å². The maximum absolute atomic E-state index is 4.26. The number of imidazole rings is 1. The lowest BCUT2D eigenvalue weighted by Gasteiger charge is -2.27. The molecular weight excluding hydrogens is 236 g/mol. The first-order valence-electron chi connectivity index (χ1n) is 7.12. The zero-order valence-corrected chi connectivity index (χ0v) is 11.5. The fraction of sp³-hybridized carbons (Fsp3) is 0.533. The van der Waals surface area contributed by atoms with Gasteiger partial charge in [-0.25, -0.2) is 4.98 Å². The van der Waals surface area contributed by atoms with Crippen LogP contribution < -0.4 is 5.32 Å². The lowest BCUT2D eigenvalue weighted by Crippen LogP contribution is -2.34. The summed E-state index contributed by atoms with van der Waals surface area (Å²) in [4.78, 5) is 9.87. The summed E-state index contributed by atoms with van der Waals surface area (Å²) in [5, 5.41) is 3.43. The largest absolute Gasteiger partial charge is 0.345 e. The fourth-order valence-electron chi connectivity index (χ4n) is 2.96. The first-order valence-corrected chi connectivity index (χ1v) is 7.12. The van der Waals surface area contributed by atoms with Gasteiger partial charge in [-0.3, -0.25) is 0 Å². The van der Waals surface area contributed by atoms with E-state index in [9.17, 15) is 0 Å². The third kappa shape index (κ3) is 3.14. The zero-order chi connectivity index (χ0) is 13.1. The molecule has 19 heavy (non-hydrogen) atoms. The van der Waals surface area contributed by atoms with Gasteiger partial charge in [-0.15, -0.1) is 0 Å². The van der Waals surface area contributed by atoms with Gasteiger partial charge in [0.25, 0.3) is 0 Å². The molecule has 3 rings (SSSR count). The molecule has 1 aliphatic rings. The van der Waals surface area contributed by atoms with E-state index in [0.29, 0.717) is 0 Å². The number of rotatable bonds is 4. The Hall–Kier alpha value is -1.39. The molecular formula is C15H22N4. The minimum atomic E-state index is 0.849. The third-order valence-electron chi connectivity index (χ3n) is 3.97. The minimum absolute atomic E-state index is 0.849. The predicted octanol–water partition coefficient (Wildman–Crippen LogP) is 1.99. The lowest BCUT2D eigenvalue weighted by molar-refractivity contribution is 0.234. The number of benzene rings is 1. The van der Waals surface area contributed by atoms with Crippen LogP contribution in [0.25, 0.3) is 11.0 Å². The Bertz CT molecular complexity index is 528. The van der Waals surface area contributed by atoms with E-state index >= 15 is 0 Å². The van der Waals surface area contributed by atoms with Crippen molar-refractivity contribution >= 4 is 11.0 Å². The molecule has 0 bridgehead atoms. The molecule has 0 spiro atoms. The average Bonchev–Trinajstić information content (AvgIpc) is 2.87.